The number of rotatable bonds is 6. The molecule has 1 heterocycles. The molecule has 5 heteroatoms. The first-order valence-electron chi connectivity index (χ1n) is 7.94. The summed E-state index contributed by atoms with van der Waals surface area (Å²) < 4.78 is 0. The molecule has 3 aromatic rings. The Kier molecular flexibility index (Phi) is 5.01. The van der Waals surface area contributed by atoms with Gasteiger partial charge in [-0.1, -0.05) is 60.2 Å². The lowest BCUT2D eigenvalue weighted by Crippen LogP contribution is -2.33. The monoisotopic (exact) mass is 320 g/mol. The van der Waals surface area contributed by atoms with Gasteiger partial charge in [-0.25, -0.2) is 0 Å². The minimum atomic E-state index is -0.170. The number of amides is 1. The fourth-order valence-corrected chi connectivity index (χ4v) is 2.67. The predicted molar refractivity (Wildman–Crippen MR) is 92.2 cm³/mol. The van der Waals surface area contributed by atoms with Gasteiger partial charge in [0.15, 0.2) is 0 Å². The second-order valence-electron chi connectivity index (χ2n) is 5.78. The summed E-state index contributed by atoms with van der Waals surface area (Å²) in [5, 5.41) is 11.4. The number of aryl methyl sites for hydroxylation is 1. The zero-order valence-corrected chi connectivity index (χ0v) is 13.6. The standard InChI is InChI=1S/C19H20N4O/c1-15-6-5-7-16(12-15)13-19(24)22-18(14-23-20-10-11-21-23)17-8-3-2-4-9-17/h2-12,18H,13-14H2,1H3,(H,22,24). The van der Waals surface area contributed by atoms with E-state index in [0.717, 1.165) is 16.7 Å². The molecular weight excluding hydrogens is 300 g/mol. The summed E-state index contributed by atoms with van der Waals surface area (Å²) in [4.78, 5) is 14.1. The molecule has 0 fully saturated rings. The summed E-state index contributed by atoms with van der Waals surface area (Å²) in [6, 6.07) is 17.7. The number of nitrogens with one attached hydrogen (secondary N) is 1. The van der Waals surface area contributed by atoms with Crippen LogP contribution in [0.2, 0.25) is 0 Å². The van der Waals surface area contributed by atoms with Gasteiger partial charge in [-0.15, -0.1) is 0 Å². The molecule has 0 radical (unpaired) electrons. The Morgan fingerprint density at radius 2 is 1.83 bits per heavy atom. The molecule has 5 nitrogen and oxygen atoms in total. The van der Waals surface area contributed by atoms with Gasteiger partial charge in [0, 0.05) is 0 Å². The van der Waals surface area contributed by atoms with E-state index in [0.29, 0.717) is 13.0 Å². The zero-order chi connectivity index (χ0) is 16.8. The number of aromatic nitrogens is 3. The first kappa shape index (κ1) is 15.9. The van der Waals surface area contributed by atoms with E-state index in [9.17, 15) is 4.79 Å². The van der Waals surface area contributed by atoms with Crippen molar-refractivity contribution < 1.29 is 4.79 Å². The molecule has 0 spiro atoms. The van der Waals surface area contributed by atoms with Gasteiger partial charge >= 0.3 is 0 Å². The summed E-state index contributed by atoms with van der Waals surface area (Å²) in [6.45, 7) is 2.52. The Morgan fingerprint density at radius 1 is 1.08 bits per heavy atom. The van der Waals surface area contributed by atoms with Crippen LogP contribution < -0.4 is 5.32 Å². The second kappa shape index (κ2) is 7.55. The molecule has 0 bridgehead atoms. The van der Waals surface area contributed by atoms with Crippen molar-refractivity contribution in [3.8, 4) is 0 Å². The van der Waals surface area contributed by atoms with Gasteiger partial charge < -0.3 is 5.32 Å². The maximum absolute atomic E-state index is 12.5. The lowest BCUT2D eigenvalue weighted by Gasteiger charge is -2.19. The van der Waals surface area contributed by atoms with Gasteiger partial charge in [-0.3, -0.25) is 4.79 Å². The van der Waals surface area contributed by atoms with Crippen molar-refractivity contribution in [3.05, 3.63) is 83.7 Å². The van der Waals surface area contributed by atoms with Gasteiger partial charge in [-0.05, 0) is 18.1 Å². The van der Waals surface area contributed by atoms with Crippen molar-refractivity contribution in [3.63, 3.8) is 0 Å². The van der Waals surface area contributed by atoms with Gasteiger partial charge in [0.25, 0.3) is 0 Å². The summed E-state index contributed by atoms with van der Waals surface area (Å²) in [5.41, 5.74) is 3.20. The molecule has 1 N–H and O–H groups in total. The summed E-state index contributed by atoms with van der Waals surface area (Å²) >= 11 is 0. The summed E-state index contributed by atoms with van der Waals surface area (Å²) in [6.07, 6.45) is 3.63. The van der Waals surface area contributed by atoms with E-state index in [4.69, 9.17) is 0 Å². The van der Waals surface area contributed by atoms with Crippen LogP contribution in [-0.2, 0) is 17.8 Å². The molecule has 122 valence electrons. The van der Waals surface area contributed by atoms with Crippen LogP contribution in [0.25, 0.3) is 0 Å². The minimum absolute atomic E-state index is 0.0124. The quantitative estimate of drug-likeness (QED) is 0.759. The highest BCUT2D eigenvalue weighted by molar-refractivity contribution is 5.79. The average molecular weight is 320 g/mol. The Labute approximate surface area is 141 Å². The Hall–Kier alpha value is -2.95. The summed E-state index contributed by atoms with van der Waals surface area (Å²) in [5.74, 6) is -0.0124. The SMILES string of the molecule is Cc1cccc(CC(=O)NC(Cn2nccn2)c2ccccc2)c1. The number of hydrogen-bond donors (Lipinski definition) is 1. The Morgan fingerprint density at radius 3 is 2.54 bits per heavy atom. The number of hydrogen-bond acceptors (Lipinski definition) is 3. The molecule has 0 aliphatic rings. The highest BCUT2D eigenvalue weighted by Gasteiger charge is 2.16. The Balaban J connectivity index is 1.72. The average Bonchev–Trinajstić information content (AvgIpc) is 3.08. The molecule has 1 unspecified atom stereocenters. The Bertz CT molecular complexity index is 784. The predicted octanol–water partition coefficient (Wildman–Crippen LogP) is 2.69. The minimum Gasteiger partial charge on any atom is -0.347 e. The fourth-order valence-electron chi connectivity index (χ4n) is 2.67. The van der Waals surface area contributed by atoms with Crippen molar-refractivity contribution in [1.29, 1.82) is 0 Å². The normalized spacial score (nSPS) is 11.9. The molecule has 1 amide bonds. The van der Waals surface area contributed by atoms with E-state index >= 15 is 0 Å². The molecule has 0 saturated heterocycles. The first-order chi connectivity index (χ1) is 11.7. The highest BCUT2D eigenvalue weighted by Crippen LogP contribution is 2.15. The molecule has 1 aromatic heterocycles. The number of nitrogens with zero attached hydrogens (tertiary/aromatic N) is 3. The smallest absolute Gasteiger partial charge is 0.224 e. The number of benzene rings is 2. The number of carbonyl (C=O) groups excluding carboxylic acids is 1. The van der Waals surface area contributed by atoms with Gasteiger partial charge in [-0.2, -0.15) is 15.0 Å². The lowest BCUT2D eigenvalue weighted by molar-refractivity contribution is -0.121. The molecule has 2 aromatic carbocycles. The summed E-state index contributed by atoms with van der Waals surface area (Å²) in [7, 11) is 0. The van der Waals surface area contributed by atoms with Crippen LogP contribution >= 0.6 is 0 Å². The van der Waals surface area contributed by atoms with Crippen molar-refractivity contribution in [1.82, 2.24) is 20.3 Å². The largest absolute Gasteiger partial charge is 0.347 e. The first-order valence-corrected chi connectivity index (χ1v) is 7.94. The fraction of sp³-hybridized carbons (Fsp3) is 0.211. The van der Waals surface area contributed by atoms with Crippen LogP contribution in [0.5, 0.6) is 0 Å². The maximum atomic E-state index is 12.5. The van der Waals surface area contributed by atoms with Crippen LogP contribution in [-0.4, -0.2) is 20.9 Å². The molecule has 24 heavy (non-hydrogen) atoms. The zero-order valence-electron chi connectivity index (χ0n) is 13.6. The second-order valence-corrected chi connectivity index (χ2v) is 5.78. The van der Waals surface area contributed by atoms with Gasteiger partial charge in [0.1, 0.15) is 0 Å². The van der Waals surface area contributed by atoms with Crippen LogP contribution in [0, 0.1) is 6.92 Å². The molecule has 3 rings (SSSR count). The van der Waals surface area contributed by atoms with Crippen LogP contribution in [0.3, 0.4) is 0 Å². The lowest BCUT2D eigenvalue weighted by atomic mass is 10.1. The van der Waals surface area contributed by atoms with Gasteiger partial charge in [0.2, 0.25) is 5.91 Å². The molecule has 0 aliphatic carbocycles. The van der Waals surface area contributed by atoms with Crippen molar-refractivity contribution >= 4 is 5.91 Å². The van der Waals surface area contributed by atoms with Crippen molar-refractivity contribution in [2.24, 2.45) is 0 Å². The molecule has 0 saturated carbocycles. The third-order valence-corrected chi connectivity index (χ3v) is 3.80. The van der Waals surface area contributed by atoms with Crippen LogP contribution in [0.1, 0.15) is 22.7 Å². The van der Waals surface area contributed by atoms with Crippen LogP contribution in [0.15, 0.2) is 67.0 Å². The molecular formula is C19H20N4O. The molecule has 0 aliphatic heterocycles. The van der Waals surface area contributed by atoms with Crippen LogP contribution in [0.4, 0.5) is 0 Å². The van der Waals surface area contributed by atoms with Crippen molar-refractivity contribution in [2.75, 3.05) is 0 Å². The van der Waals surface area contributed by atoms with Gasteiger partial charge in [0.05, 0.1) is 31.4 Å². The number of carbonyl (C=O) groups is 1. The van der Waals surface area contributed by atoms with E-state index in [1.165, 1.54) is 0 Å². The van der Waals surface area contributed by atoms with E-state index in [-0.39, 0.29) is 11.9 Å². The topological polar surface area (TPSA) is 59.8 Å². The van der Waals surface area contributed by atoms with E-state index in [2.05, 4.69) is 15.5 Å². The molecule has 1 atom stereocenters. The van der Waals surface area contributed by atoms with E-state index in [1.807, 2.05) is 61.5 Å². The highest BCUT2D eigenvalue weighted by atomic mass is 16.1. The maximum Gasteiger partial charge on any atom is 0.224 e. The third kappa shape index (κ3) is 4.29. The van der Waals surface area contributed by atoms with Crippen molar-refractivity contribution in [2.45, 2.75) is 25.9 Å². The third-order valence-electron chi connectivity index (χ3n) is 3.80. The van der Waals surface area contributed by atoms with E-state index < -0.39 is 0 Å². The van der Waals surface area contributed by atoms with E-state index in [1.54, 1.807) is 17.2 Å².